The van der Waals surface area contributed by atoms with Crippen LogP contribution in [0.25, 0.3) is 11.0 Å². The smallest absolute Gasteiger partial charge is 0.163 e. The molecule has 1 aliphatic rings. The van der Waals surface area contributed by atoms with Crippen molar-refractivity contribution in [3.05, 3.63) is 40.3 Å². The fraction of sp³-hybridized carbons (Fsp3) is 0.214. The van der Waals surface area contributed by atoms with Crippen molar-refractivity contribution in [1.29, 1.82) is 0 Å². The molecule has 0 fully saturated rings. The maximum Gasteiger partial charge on any atom is 0.163 e. The molecule has 4 rings (SSSR count). The summed E-state index contributed by atoms with van der Waals surface area (Å²) >= 11 is 1.74. The Kier molecular flexibility index (Phi) is 2.45. The van der Waals surface area contributed by atoms with Gasteiger partial charge in [0, 0.05) is 23.4 Å². The molecule has 0 spiro atoms. The van der Waals surface area contributed by atoms with Gasteiger partial charge in [-0.05, 0) is 11.4 Å². The molecule has 0 bridgehead atoms. The van der Waals surface area contributed by atoms with Crippen LogP contribution in [0.1, 0.15) is 10.7 Å². The van der Waals surface area contributed by atoms with E-state index in [0.29, 0.717) is 13.2 Å². The molecule has 0 radical (unpaired) electrons. The predicted molar refractivity (Wildman–Crippen MR) is 74.2 cm³/mol. The number of hydrogen-bond donors (Lipinski definition) is 1. The number of H-pyrrole nitrogens is 1. The van der Waals surface area contributed by atoms with Crippen LogP contribution in [0.5, 0.6) is 11.5 Å². The standard InChI is InChI=1S/C14H12N2O2S/c1-2-9(19-5-1)6-14-15-10-7-12-13(8-11(10)16-14)18-4-3-17-12/h1-2,5,7-8H,3-4,6H2,(H,15,16). The van der Waals surface area contributed by atoms with E-state index in [9.17, 15) is 0 Å². The molecule has 0 aliphatic carbocycles. The van der Waals surface area contributed by atoms with Gasteiger partial charge in [0.2, 0.25) is 0 Å². The van der Waals surface area contributed by atoms with Gasteiger partial charge in [-0.3, -0.25) is 0 Å². The highest BCUT2D eigenvalue weighted by Gasteiger charge is 2.14. The van der Waals surface area contributed by atoms with Crippen molar-refractivity contribution in [1.82, 2.24) is 9.97 Å². The maximum absolute atomic E-state index is 5.58. The minimum Gasteiger partial charge on any atom is -0.486 e. The molecule has 19 heavy (non-hydrogen) atoms. The van der Waals surface area contributed by atoms with Crippen molar-refractivity contribution in [3.63, 3.8) is 0 Å². The Labute approximate surface area is 114 Å². The van der Waals surface area contributed by atoms with E-state index in [0.717, 1.165) is 34.8 Å². The Hall–Kier alpha value is -2.01. The third-order valence-electron chi connectivity index (χ3n) is 3.12. The number of ether oxygens (including phenoxy) is 2. The number of imidazole rings is 1. The van der Waals surface area contributed by atoms with Crippen LogP contribution in [0.2, 0.25) is 0 Å². The molecule has 2 aromatic heterocycles. The number of hydrogen-bond acceptors (Lipinski definition) is 4. The van der Waals surface area contributed by atoms with Crippen molar-refractivity contribution >= 4 is 22.4 Å². The third kappa shape index (κ3) is 1.96. The summed E-state index contributed by atoms with van der Waals surface area (Å²) in [6.07, 6.45) is 0.832. The maximum atomic E-state index is 5.58. The zero-order valence-corrected chi connectivity index (χ0v) is 11.0. The number of rotatable bonds is 2. The van der Waals surface area contributed by atoms with E-state index in [1.165, 1.54) is 4.88 Å². The van der Waals surface area contributed by atoms with Gasteiger partial charge < -0.3 is 14.5 Å². The quantitative estimate of drug-likeness (QED) is 0.780. The van der Waals surface area contributed by atoms with Gasteiger partial charge in [-0.25, -0.2) is 4.98 Å². The molecule has 4 nitrogen and oxygen atoms in total. The number of thiophene rings is 1. The zero-order chi connectivity index (χ0) is 12.7. The summed E-state index contributed by atoms with van der Waals surface area (Å²) in [5.41, 5.74) is 1.92. The van der Waals surface area contributed by atoms with Crippen LogP contribution in [0.15, 0.2) is 29.6 Å². The molecule has 0 saturated carbocycles. The Bertz CT molecular complexity index is 675. The lowest BCUT2D eigenvalue weighted by molar-refractivity contribution is 0.172. The second-order valence-electron chi connectivity index (χ2n) is 4.45. The van der Waals surface area contributed by atoms with Crippen LogP contribution < -0.4 is 9.47 Å². The van der Waals surface area contributed by atoms with Crippen molar-refractivity contribution in [3.8, 4) is 11.5 Å². The summed E-state index contributed by atoms with van der Waals surface area (Å²) in [4.78, 5) is 9.26. The molecule has 1 N–H and O–H groups in total. The van der Waals surface area contributed by atoms with E-state index in [-0.39, 0.29) is 0 Å². The second-order valence-corrected chi connectivity index (χ2v) is 5.48. The first-order valence-electron chi connectivity index (χ1n) is 6.19. The van der Waals surface area contributed by atoms with Gasteiger partial charge in [-0.15, -0.1) is 11.3 Å². The minimum absolute atomic E-state index is 0.602. The lowest BCUT2D eigenvalue weighted by atomic mass is 10.2. The number of aromatic amines is 1. The van der Waals surface area contributed by atoms with Gasteiger partial charge in [0.05, 0.1) is 11.0 Å². The van der Waals surface area contributed by atoms with E-state index in [1.54, 1.807) is 11.3 Å². The summed E-state index contributed by atoms with van der Waals surface area (Å²) < 4.78 is 11.1. The summed E-state index contributed by atoms with van der Waals surface area (Å²) in [6.45, 7) is 1.21. The SMILES string of the molecule is c1csc(Cc2nc3cc4c(cc3[nH]2)OCCO4)c1. The van der Waals surface area contributed by atoms with Crippen LogP contribution in [-0.4, -0.2) is 23.2 Å². The van der Waals surface area contributed by atoms with E-state index >= 15 is 0 Å². The average molecular weight is 272 g/mol. The van der Waals surface area contributed by atoms with Crippen molar-refractivity contribution in [2.24, 2.45) is 0 Å². The Morgan fingerprint density at radius 3 is 2.84 bits per heavy atom. The molecule has 0 unspecified atom stereocenters. The average Bonchev–Trinajstić information content (AvgIpc) is 3.05. The molecule has 0 amide bonds. The predicted octanol–water partition coefficient (Wildman–Crippen LogP) is 2.99. The van der Waals surface area contributed by atoms with Gasteiger partial charge in [-0.2, -0.15) is 0 Å². The van der Waals surface area contributed by atoms with E-state index < -0.39 is 0 Å². The fourth-order valence-corrected chi connectivity index (χ4v) is 2.97. The normalized spacial score (nSPS) is 13.9. The number of nitrogens with zero attached hydrogens (tertiary/aromatic N) is 1. The van der Waals surface area contributed by atoms with Crippen molar-refractivity contribution in [2.75, 3.05) is 13.2 Å². The van der Waals surface area contributed by atoms with Gasteiger partial charge >= 0.3 is 0 Å². The van der Waals surface area contributed by atoms with E-state index in [1.807, 2.05) is 12.1 Å². The van der Waals surface area contributed by atoms with Crippen molar-refractivity contribution < 1.29 is 9.47 Å². The monoisotopic (exact) mass is 272 g/mol. The molecule has 96 valence electrons. The highest BCUT2D eigenvalue weighted by molar-refractivity contribution is 7.09. The van der Waals surface area contributed by atoms with E-state index in [4.69, 9.17) is 9.47 Å². The molecule has 3 heterocycles. The highest BCUT2D eigenvalue weighted by Crippen LogP contribution is 2.33. The zero-order valence-electron chi connectivity index (χ0n) is 10.2. The van der Waals surface area contributed by atoms with E-state index in [2.05, 4.69) is 27.5 Å². The minimum atomic E-state index is 0.602. The Morgan fingerprint density at radius 1 is 1.21 bits per heavy atom. The highest BCUT2D eigenvalue weighted by atomic mass is 32.1. The molecule has 0 atom stereocenters. The Morgan fingerprint density at radius 2 is 2.05 bits per heavy atom. The number of aromatic nitrogens is 2. The number of benzene rings is 1. The van der Waals surface area contributed by atoms with Crippen LogP contribution in [0, 0.1) is 0 Å². The first kappa shape index (κ1) is 10.9. The first-order chi connectivity index (χ1) is 9.38. The Balaban J connectivity index is 1.74. The molecule has 1 aromatic carbocycles. The number of fused-ring (bicyclic) bond motifs is 2. The lowest BCUT2D eigenvalue weighted by Crippen LogP contribution is -2.15. The summed E-state index contributed by atoms with van der Waals surface area (Å²) in [6, 6.07) is 8.09. The van der Waals surface area contributed by atoms with Gasteiger partial charge in [0.1, 0.15) is 19.0 Å². The van der Waals surface area contributed by atoms with Crippen LogP contribution >= 0.6 is 11.3 Å². The third-order valence-corrected chi connectivity index (χ3v) is 3.99. The van der Waals surface area contributed by atoms with Gasteiger partial charge in [0.15, 0.2) is 11.5 Å². The van der Waals surface area contributed by atoms with Gasteiger partial charge in [-0.1, -0.05) is 6.07 Å². The largest absolute Gasteiger partial charge is 0.486 e. The molecule has 5 heteroatoms. The fourth-order valence-electron chi connectivity index (χ4n) is 2.26. The first-order valence-corrected chi connectivity index (χ1v) is 7.07. The molecular weight excluding hydrogens is 260 g/mol. The molecule has 3 aromatic rings. The summed E-state index contributed by atoms with van der Waals surface area (Å²) in [7, 11) is 0. The van der Waals surface area contributed by atoms with Crippen LogP contribution in [0.4, 0.5) is 0 Å². The molecule has 1 aliphatic heterocycles. The van der Waals surface area contributed by atoms with Crippen molar-refractivity contribution in [2.45, 2.75) is 6.42 Å². The molecule has 0 saturated heterocycles. The summed E-state index contributed by atoms with van der Waals surface area (Å²) in [5.74, 6) is 2.55. The van der Waals surface area contributed by atoms with Crippen LogP contribution in [0.3, 0.4) is 0 Å². The number of nitrogens with one attached hydrogen (secondary N) is 1. The topological polar surface area (TPSA) is 47.1 Å². The van der Waals surface area contributed by atoms with Gasteiger partial charge in [0.25, 0.3) is 0 Å². The molecular formula is C14H12N2O2S. The second kappa shape index (κ2) is 4.28. The summed E-state index contributed by atoms with van der Waals surface area (Å²) in [5, 5.41) is 2.08. The van der Waals surface area contributed by atoms with Crippen LogP contribution in [-0.2, 0) is 6.42 Å². The lowest BCUT2D eigenvalue weighted by Gasteiger charge is -2.17.